The van der Waals surface area contributed by atoms with E-state index in [9.17, 15) is 0 Å². The first-order chi connectivity index (χ1) is 14.4. The summed E-state index contributed by atoms with van der Waals surface area (Å²) in [6.07, 6.45) is 8.12. The molecule has 2 aliphatic heterocycles. The first-order valence-corrected chi connectivity index (χ1v) is 10.7. The van der Waals surface area contributed by atoms with Gasteiger partial charge in [0.05, 0.1) is 17.6 Å². The van der Waals surface area contributed by atoms with E-state index in [-0.39, 0.29) is 0 Å². The standard InChI is InChI=1S/C22H28N6O/c1-2-17(28-19(3-1)16-4-8-23-9-5-16)12-24-21-20-18(15-6-10-29-11-7-15)13-25-22(20)27-14-26-21/h1-3,13-16,23H,4-12H2,(H2,24,25,26,27). The summed E-state index contributed by atoms with van der Waals surface area (Å²) >= 11 is 0. The lowest BCUT2D eigenvalue weighted by molar-refractivity contribution is 0.0856. The van der Waals surface area contributed by atoms with Crippen LogP contribution in [0.2, 0.25) is 0 Å². The van der Waals surface area contributed by atoms with Crippen molar-refractivity contribution in [2.75, 3.05) is 31.6 Å². The van der Waals surface area contributed by atoms with Crippen LogP contribution in [0.25, 0.3) is 11.0 Å². The fraction of sp³-hybridized carbons (Fsp3) is 0.500. The number of nitrogens with zero attached hydrogens (tertiary/aromatic N) is 3. The van der Waals surface area contributed by atoms with Crippen LogP contribution in [0.1, 0.15) is 54.5 Å². The third-order valence-electron chi connectivity index (χ3n) is 6.18. The summed E-state index contributed by atoms with van der Waals surface area (Å²) in [5.41, 5.74) is 4.45. The molecule has 0 spiro atoms. The van der Waals surface area contributed by atoms with Gasteiger partial charge in [-0.1, -0.05) is 6.07 Å². The molecule has 0 aromatic carbocycles. The van der Waals surface area contributed by atoms with Crippen molar-refractivity contribution in [1.29, 1.82) is 0 Å². The maximum absolute atomic E-state index is 5.54. The third kappa shape index (κ3) is 3.97. The number of anilines is 1. The number of nitrogens with one attached hydrogen (secondary N) is 3. The van der Waals surface area contributed by atoms with E-state index in [0.717, 1.165) is 74.5 Å². The minimum atomic E-state index is 0.491. The zero-order chi connectivity index (χ0) is 19.5. The lowest BCUT2D eigenvalue weighted by Gasteiger charge is -2.22. The molecular weight excluding hydrogens is 364 g/mol. The van der Waals surface area contributed by atoms with E-state index in [0.29, 0.717) is 18.4 Å². The number of hydrogen-bond acceptors (Lipinski definition) is 6. The van der Waals surface area contributed by atoms with E-state index in [1.54, 1.807) is 6.33 Å². The number of ether oxygens (including phenoxy) is 1. The lowest BCUT2D eigenvalue weighted by atomic mass is 9.92. The van der Waals surface area contributed by atoms with Gasteiger partial charge in [-0.3, -0.25) is 4.98 Å². The van der Waals surface area contributed by atoms with E-state index in [2.05, 4.69) is 50.0 Å². The van der Waals surface area contributed by atoms with Crippen LogP contribution in [0.15, 0.2) is 30.7 Å². The van der Waals surface area contributed by atoms with Gasteiger partial charge in [0.15, 0.2) is 0 Å². The lowest BCUT2D eigenvalue weighted by Crippen LogP contribution is -2.27. The molecule has 2 saturated heterocycles. The topological polar surface area (TPSA) is 87.8 Å². The monoisotopic (exact) mass is 392 g/mol. The molecule has 29 heavy (non-hydrogen) atoms. The van der Waals surface area contributed by atoms with E-state index in [4.69, 9.17) is 9.72 Å². The van der Waals surface area contributed by atoms with Crippen LogP contribution in [-0.4, -0.2) is 46.2 Å². The number of aromatic amines is 1. The fourth-order valence-electron chi connectivity index (χ4n) is 4.57. The van der Waals surface area contributed by atoms with Gasteiger partial charge in [0, 0.05) is 31.0 Å². The molecule has 3 N–H and O–H groups in total. The van der Waals surface area contributed by atoms with Crippen molar-refractivity contribution in [3.8, 4) is 0 Å². The first kappa shape index (κ1) is 18.5. The zero-order valence-electron chi connectivity index (χ0n) is 16.7. The Bertz CT molecular complexity index is 959. The molecule has 3 aromatic heterocycles. The molecule has 0 radical (unpaired) electrons. The molecule has 2 fully saturated rings. The summed E-state index contributed by atoms with van der Waals surface area (Å²) in [5.74, 6) is 1.93. The molecule has 5 heterocycles. The van der Waals surface area contributed by atoms with Crippen molar-refractivity contribution in [2.24, 2.45) is 0 Å². The summed E-state index contributed by atoms with van der Waals surface area (Å²) in [6.45, 7) is 4.46. The number of hydrogen-bond donors (Lipinski definition) is 3. The average molecular weight is 393 g/mol. The average Bonchev–Trinajstić information content (AvgIpc) is 3.24. The quantitative estimate of drug-likeness (QED) is 0.617. The van der Waals surface area contributed by atoms with Crippen LogP contribution in [0, 0.1) is 0 Å². The largest absolute Gasteiger partial charge is 0.381 e. The van der Waals surface area contributed by atoms with Crippen molar-refractivity contribution >= 4 is 16.9 Å². The summed E-state index contributed by atoms with van der Waals surface area (Å²) in [7, 11) is 0. The molecule has 0 atom stereocenters. The van der Waals surface area contributed by atoms with Crippen molar-refractivity contribution in [2.45, 2.75) is 44.1 Å². The Balaban J connectivity index is 1.36. The summed E-state index contributed by atoms with van der Waals surface area (Å²) < 4.78 is 5.54. The van der Waals surface area contributed by atoms with Crippen molar-refractivity contribution in [3.63, 3.8) is 0 Å². The van der Waals surface area contributed by atoms with E-state index in [1.807, 2.05) is 0 Å². The van der Waals surface area contributed by atoms with Crippen LogP contribution in [0.3, 0.4) is 0 Å². The number of fused-ring (bicyclic) bond motifs is 1. The molecular formula is C22H28N6O. The van der Waals surface area contributed by atoms with Crippen LogP contribution < -0.4 is 10.6 Å². The Morgan fingerprint density at radius 3 is 2.76 bits per heavy atom. The van der Waals surface area contributed by atoms with Crippen LogP contribution in [-0.2, 0) is 11.3 Å². The number of pyridine rings is 1. The van der Waals surface area contributed by atoms with Gasteiger partial charge >= 0.3 is 0 Å². The van der Waals surface area contributed by atoms with Crippen molar-refractivity contribution in [1.82, 2.24) is 25.3 Å². The summed E-state index contributed by atoms with van der Waals surface area (Å²) in [6, 6.07) is 6.38. The Morgan fingerprint density at radius 2 is 1.90 bits per heavy atom. The van der Waals surface area contributed by atoms with Gasteiger partial charge in [-0.15, -0.1) is 0 Å². The molecule has 3 aromatic rings. The maximum Gasteiger partial charge on any atom is 0.143 e. The highest BCUT2D eigenvalue weighted by Crippen LogP contribution is 2.34. The molecule has 0 saturated carbocycles. The zero-order valence-corrected chi connectivity index (χ0v) is 16.7. The first-order valence-electron chi connectivity index (χ1n) is 10.7. The molecule has 2 aliphatic rings. The van der Waals surface area contributed by atoms with Crippen molar-refractivity contribution < 1.29 is 4.74 Å². The number of aromatic nitrogens is 4. The van der Waals surface area contributed by atoms with Gasteiger partial charge in [-0.25, -0.2) is 9.97 Å². The van der Waals surface area contributed by atoms with Crippen LogP contribution in [0.5, 0.6) is 0 Å². The Kier molecular flexibility index (Phi) is 5.41. The molecule has 0 bridgehead atoms. The van der Waals surface area contributed by atoms with Crippen LogP contribution in [0.4, 0.5) is 5.82 Å². The number of H-pyrrole nitrogens is 1. The Morgan fingerprint density at radius 1 is 1.03 bits per heavy atom. The third-order valence-corrected chi connectivity index (χ3v) is 6.18. The van der Waals surface area contributed by atoms with E-state index in [1.165, 1.54) is 11.3 Å². The van der Waals surface area contributed by atoms with Gasteiger partial charge in [-0.05, 0) is 62.4 Å². The summed E-state index contributed by atoms with van der Waals surface area (Å²) in [5, 5.41) is 8.06. The van der Waals surface area contributed by atoms with Gasteiger partial charge in [-0.2, -0.15) is 0 Å². The second-order valence-corrected chi connectivity index (χ2v) is 8.01. The SMILES string of the molecule is c1cc(CNc2ncnc3[nH]cc(C4CCOCC4)c23)nc(C2CCNCC2)c1. The maximum atomic E-state index is 5.54. The highest BCUT2D eigenvalue weighted by molar-refractivity contribution is 5.90. The van der Waals surface area contributed by atoms with E-state index < -0.39 is 0 Å². The predicted octanol–water partition coefficient (Wildman–Crippen LogP) is 3.33. The molecule has 152 valence electrons. The van der Waals surface area contributed by atoms with Gasteiger partial charge in [0.2, 0.25) is 0 Å². The van der Waals surface area contributed by atoms with E-state index >= 15 is 0 Å². The van der Waals surface area contributed by atoms with Crippen LogP contribution >= 0.6 is 0 Å². The predicted molar refractivity (Wildman–Crippen MR) is 113 cm³/mol. The molecule has 0 aliphatic carbocycles. The van der Waals surface area contributed by atoms with Crippen molar-refractivity contribution in [3.05, 3.63) is 47.7 Å². The highest BCUT2D eigenvalue weighted by Gasteiger charge is 2.22. The Labute approximate surface area is 170 Å². The molecule has 0 amide bonds. The normalized spacial score (nSPS) is 18.9. The number of rotatable bonds is 5. The molecule has 5 rings (SSSR count). The second-order valence-electron chi connectivity index (χ2n) is 8.01. The minimum Gasteiger partial charge on any atom is -0.381 e. The molecule has 7 heteroatoms. The summed E-state index contributed by atoms with van der Waals surface area (Å²) in [4.78, 5) is 17.2. The fourth-order valence-corrected chi connectivity index (χ4v) is 4.57. The Hall–Kier alpha value is -2.51. The smallest absolute Gasteiger partial charge is 0.143 e. The number of piperidine rings is 1. The minimum absolute atomic E-state index is 0.491. The second kappa shape index (κ2) is 8.47. The van der Waals surface area contributed by atoms with Gasteiger partial charge < -0.3 is 20.4 Å². The van der Waals surface area contributed by atoms with Gasteiger partial charge in [0.25, 0.3) is 0 Å². The molecule has 7 nitrogen and oxygen atoms in total. The van der Waals surface area contributed by atoms with Gasteiger partial charge in [0.1, 0.15) is 17.8 Å². The highest BCUT2D eigenvalue weighted by atomic mass is 16.5. The molecule has 0 unspecified atom stereocenters.